The van der Waals surface area contributed by atoms with E-state index in [4.69, 9.17) is 4.74 Å². The van der Waals surface area contributed by atoms with E-state index in [-0.39, 0.29) is 12.2 Å². The molecule has 0 aliphatic carbocycles. The Balaban J connectivity index is 1.68. The van der Waals surface area contributed by atoms with E-state index < -0.39 is 17.7 Å². The summed E-state index contributed by atoms with van der Waals surface area (Å²) in [4.78, 5) is 19.2. The van der Waals surface area contributed by atoms with Crippen LogP contribution in [0, 0.1) is 13.8 Å². The van der Waals surface area contributed by atoms with Crippen molar-refractivity contribution >= 4 is 18.0 Å². The number of carbonyl (C=O) groups excluding carboxylic acids is 1. The number of esters is 1. The lowest BCUT2D eigenvalue weighted by Gasteiger charge is -2.24. The smallest absolute Gasteiger partial charge is 0.416 e. The lowest BCUT2D eigenvalue weighted by molar-refractivity contribution is -0.137. The van der Waals surface area contributed by atoms with Crippen molar-refractivity contribution in [2.45, 2.75) is 45.9 Å². The molecule has 1 aliphatic heterocycles. The van der Waals surface area contributed by atoms with Crippen LogP contribution in [0.4, 0.5) is 18.9 Å². The first-order valence-corrected chi connectivity index (χ1v) is 9.97. The Labute approximate surface area is 174 Å². The van der Waals surface area contributed by atoms with Gasteiger partial charge in [-0.05, 0) is 74.1 Å². The first kappa shape index (κ1) is 21.9. The van der Waals surface area contributed by atoms with Crippen LogP contribution in [0.3, 0.4) is 0 Å². The molecular formula is C23H25F3N2O2. The SMILES string of the molecule is Cc1c(N=CN2CCCCC2)ccc(C(=O)OCc2cccc(C(F)(F)F)c2)c1C. The van der Waals surface area contributed by atoms with Gasteiger partial charge in [-0.15, -0.1) is 0 Å². The standard InChI is InChI=1S/C23H25F3N2O2/c1-16-17(2)21(27-15-28-11-4-3-5-12-28)10-9-20(16)22(29)30-14-18-7-6-8-19(13-18)23(24,25)26/h6-10,13,15H,3-5,11-12,14H2,1-2H3. The van der Waals surface area contributed by atoms with Gasteiger partial charge < -0.3 is 9.64 Å². The van der Waals surface area contributed by atoms with Gasteiger partial charge in [0, 0.05) is 13.1 Å². The molecule has 160 valence electrons. The predicted octanol–water partition coefficient (Wildman–Crippen LogP) is 5.82. The van der Waals surface area contributed by atoms with Gasteiger partial charge in [0.05, 0.1) is 23.2 Å². The fraction of sp³-hybridized carbons (Fsp3) is 0.391. The summed E-state index contributed by atoms with van der Waals surface area (Å²) in [6.45, 7) is 5.48. The number of nitrogens with zero attached hydrogens (tertiary/aromatic N) is 2. The highest BCUT2D eigenvalue weighted by molar-refractivity contribution is 5.92. The van der Waals surface area contributed by atoms with Crippen molar-refractivity contribution in [2.75, 3.05) is 13.1 Å². The van der Waals surface area contributed by atoms with E-state index in [1.54, 1.807) is 12.1 Å². The lowest BCUT2D eigenvalue weighted by Crippen LogP contribution is -2.28. The topological polar surface area (TPSA) is 41.9 Å². The van der Waals surface area contributed by atoms with E-state index in [2.05, 4.69) is 9.89 Å². The molecule has 0 bridgehead atoms. The number of likely N-dealkylation sites (tertiary alicyclic amines) is 1. The molecule has 0 radical (unpaired) electrons. The molecule has 3 rings (SSSR count). The molecule has 1 saturated heterocycles. The monoisotopic (exact) mass is 418 g/mol. The van der Waals surface area contributed by atoms with E-state index >= 15 is 0 Å². The number of hydrogen-bond acceptors (Lipinski definition) is 3. The van der Waals surface area contributed by atoms with Gasteiger partial charge >= 0.3 is 12.1 Å². The fourth-order valence-electron chi connectivity index (χ4n) is 3.41. The molecule has 0 atom stereocenters. The molecule has 0 aromatic heterocycles. The molecule has 0 N–H and O–H groups in total. The minimum absolute atomic E-state index is 0.226. The number of benzene rings is 2. The van der Waals surface area contributed by atoms with Gasteiger partial charge in [-0.25, -0.2) is 9.79 Å². The third-order valence-electron chi connectivity index (χ3n) is 5.35. The molecule has 2 aromatic rings. The minimum atomic E-state index is -4.43. The minimum Gasteiger partial charge on any atom is -0.457 e. The van der Waals surface area contributed by atoms with Gasteiger partial charge in [0.15, 0.2) is 0 Å². The highest BCUT2D eigenvalue weighted by Crippen LogP contribution is 2.30. The highest BCUT2D eigenvalue weighted by Gasteiger charge is 2.30. The number of alkyl halides is 3. The average molecular weight is 418 g/mol. The number of rotatable bonds is 5. The van der Waals surface area contributed by atoms with Crippen molar-refractivity contribution < 1.29 is 22.7 Å². The molecule has 7 heteroatoms. The number of carbonyl (C=O) groups is 1. The van der Waals surface area contributed by atoms with Gasteiger partial charge in [0.1, 0.15) is 6.61 Å². The highest BCUT2D eigenvalue weighted by atomic mass is 19.4. The lowest BCUT2D eigenvalue weighted by atomic mass is 10.0. The summed E-state index contributed by atoms with van der Waals surface area (Å²) in [6, 6.07) is 8.20. The van der Waals surface area contributed by atoms with Crippen LogP contribution in [0.2, 0.25) is 0 Å². The summed E-state index contributed by atoms with van der Waals surface area (Å²) in [5.74, 6) is -0.570. The molecule has 0 spiro atoms. The van der Waals surface area contributed by atoms with E-state index in [9.17, 15) is 18.0 Å². The molecule has 1 fully saturated rings. The van der Waals surface area contributed by atoms with Crippen molar-refractivity contribution in [1.29, 1.82) is 0 Å². The molecule has 0 saturated carbocycles. The first-order chi connectivity index (χ1) is 14.3. The molecule has 0 unspecified atom stereocenters. The zero-order valence-electron chi connectivity index (χ0n) is 17.1. The Morgan fingerprint density at radius 1 is 1.10 bits per heavy atom. The normalized spacial score (nSPS) is 14.9. The van der Waals surface area contributed by atoms with Crippen molar-refractivity contribution in [3.05, 3.63) is 64.2 Å². The Morgan fingerprint density at radius 3 is 2.53 bits per heavy atom. The van der Waals surface area contributed by atoms with Crippen LogP contribution in [0.15, 0.2) is 41.4 Å². The Bertz CT molecular complexity index is 933. The van der Waals surface area contributed by atoms with Gasteiger partial charge in [0.2, 0.25) is 0 Å². The van der Waals surface area contributed by atoms with Crippen LogP contribution in [0.5, 0.6) is 0 Å². The molecular weight excluding hydrogens is 393 g/mol. The van der Waals surface area contributed by atoms with Crippen LogP contribution in [0.25, 0.3) is 0 Å². The molecule has 1 heterocycles. The summed E-state index contributed by atoms with van der Waals surface area (Å²) in [5.41, 5.74) is 2.31. The van der Waals surface area contributed by atoms with Crippen LogP contribution in [0.1, 0.15) is 51.9 Å². The Morgan fingerprint density at radius 2 is 1.83 bits per heavy atom. The average Bonchev–Trinajstić information content (AvgIpc) is 2.73. The van der Waals surface area contributed by atoms with E-state index in [1.807, 2.05) is 20.2 Å². The predicted molar refractivity (Wildman–Crippen MR) is 110 cm³/mol. The number of aliphatic imine (C=N–C) groups is 1. The van der Waals surface area contributed by atoms with Gasteiger partial charge in [-0.2, -0.15) is 13.2 Å². The van der Waals surface area contributed by atoms with E-state index in [0.717, 1.165) is 42.0 Å². The molecule has 30 heavy (non-hydrogen) atoms. The van der Waals surface area contributed by atoms with Crippen LogP contribution < -0.4 is 0 Å². The molecule has 0 amide bonds. The number of hydrogen-bond donors (Lipinski definition) is 0. The second-order valence-corrected chi connectivity index (χ2v) is 7.50. The summed E-state index contributed by atoms with van der Waals surface area (Å²) >= 11 is 0. The summed E-state index contributed by atoms with van der Waals surface area (Å²) in [6.07, 6.45) is 1.01. The molecule has 4 nitrogen and oxygen atoms in total. The third kappa shape index (κ3) is 5.40. The zero-order chi connectivity index (χ0) is 21.7. The van der Waals surface area contributed by atoms with E-state index in [1.165, 1.54) is 31.4 Å². The largest absolute Gasteiger partial charge is 0.457 e. The second kappa shape index (κ2) is 9.32. The van der Waals surface area contributed by atoms with Gasteiger partial charge in [-0.1, -0.05) is 12.1 Å². The molecule has 1 aliphatic rings. The zero-order valence-corrected chi connectivity index (χ0v) is 17.1. The fourth-order valence-corrected chi connectivity index (χ4v) is 3.41. The van der Waals surface area contributed by atoms with Crippen molar-refractivity contribution in [2.24, 2.45) is 4.99 Å². The number of halogens is 3. The first-order valence-electron chi connectivity index (χ1n) is 9.97. The van der Waals surface area contributed by atoms with Crippen LogP contribution in [-0.4, -0.2) is 30.3 Å². The van der Waals surface area contributed by atoms with Crippen LogP contribution in [-0.2, 0) is 17.5 Å². The second-order valence-electron chi connectivity index (χ2n) is 7.50. The summed E-state index contributed by atoms with van der Waals surface area (Å²) < 4.78 is 43.7. The maximum absolute atomic E-state index is 12.8. The summed E-state index contributed by atoms with van der Waals surface area (Å²) in [7, 11) is 0. The quantitative estimate of drug-likeness (QED) is 0.349. The van der Waals surface area contributed by atoms with Gasteiger partial charge in [-0.3, -0.25) is 0 Å². The van der Waals surface area contributed by atoms with Crippen molar-refractivity contribution in [3.8, 4) is 0 Å². The Hall–Kier alpha value is -2.83. The maximum Gasteiger partial charge on any atom is 0.416 e. The van der Waals surface area contributed by atoms with Crippen molar-refractivity contribution in [1.82, 2.24) is 4.90 Å². The van der Waals surface area contributed by atoms with Crippen LogP contribution >= 0.6 is 0 Å². The third-order valence-corrected chi connectivity index (χ3v) is 5.35. The van der Waals surface area contributed by atoms with Crippen molar-refractivity contribution in [3.63, 3.8) is 0 Å². The maximum atomic E-state index is 12.8. The van der Waals surface area contributed by atoms with E-state index in [0.29, 0.717) is 5.56 Å². The summed E-state index contributed by atoms with van der Waals surface area (Å²) in [5, 5.41) is 0. The van der Waals surface area contributed by atoms with Gasteiger partial charge in [0.25, 0.3) is 0 Å². The number of ether oxygens (including phenoxy) is 1. The molecule has 2 aromatic carbocycles. The number of piperidine rings is 1. The Kier molecular flexibility index (Phi) is 6.80.